The van der Waals surface area contributed by atoms with E-state index in [1.165, 1.54) is 10.6 Å². The Morgan fingerprint density at radius 3 is 2.85 bits per heavy atom. The molecule has 27 heavy (non-hydrogen) atoms. The lowest BCUT2D eigenvalue weighted by atomic mass is 10.0. The molecule has 0 saturated carbocycles. The van der Waals surface area contributed by atoms with E-state index in [1.807, 2.05) is 24.3 Å². The molecule has 1 aliphatic rings. The van der Waals surface area contributed by atoms with Crippen LogP contribution in [0.2, 0.25) is 5.15 Å². The van der Waals surface area contributed by atoms with Gasteiger partial charge < -0.3 is 5.32 Å². The first kappa shape index (κ1) is 17.5. The van der Waals surface area contributed by atoms with Crippen molar-refractivity contribution in [1.82, 2.24) is 9.55 Å². The predicted molar refractivity (Wildman–Crippen MR) is 105 cm³/mol. The van der Waals surface area contributed by atoms with Gasteiger partial charge in [-0.15, -0.1) is 0 Å². The van der Waals surface area contributed by atoms with Crippen molar-refractivity contribution >= 4 is 34.0 Å². The Labute approximate surface area is 159 Å². The first-order valence-electron chi connectivity index (χ1n) is 8.71. The summed E-state index contributed by atoms with van der Waals surface area (Å²) in [6.45, 7) is 2.96. The molecule has 0 saturated heterocycles. The van der Waals surface area contributed by atoms with E-state index < -0.39 is 4.92 Å². The molecule has 0 spiro atoms. The molecule has 2 aromatic heterocycles. The minimum Gasteiger partial charge on any atom is -0.364 e. The van der Waals surface area contributed by atoms with Gasteiger partial charge in [-0.2, -0.15) is 0 Å². The number of para-hydroxylation sites is 1. The zero-order valence-corrected chi connectivity index (χ0v) is 15.4. The Bertz CT molecular complexity index is 1140. The molecule has 0 aliphatic carbocycles. The Morgan fingerprint density at radius 1 is 1.30 bits per heavy atom. The number of nitrogens with zero attached hydrogens (tertiary/aromatic N) is 3. The first-order chi connectivity index (χ1) is 13.0. The summed E-state index contributed by atoms with van der Waals surface area (Å²) < 4.78 is 1.42. The number of anilines is 1. The molecule has 1 aliphatic heterocycles. The van der Waals surface area contributed by atoms with Gasteiger partial charge in [0.15, 0.2) is 5.82 Å². The maximum absolute atomic E-state index is 12.8. The van der Waals surface area contributed by atoms with Crippen LogP contribution in [0.5, 0.6) is 0 Å². The van der Waals surface area contributed by atoms with Crippen molar-refractivity contribution in [3.8, 4) is 0 Å². The summed E-state index contributed by atoms with van der Waals surface area (Å²) in [5.41, 5.74) is 2.62. The highest BCUT2D eigenvalue weighted by molar-refractivity contribution is 6.30. The normalized spacial score (nSPS) is 12.8. The van der Waals surface area contributed by atoms with Crippen molar-refractivity contribution in [2.45, 2.75) is 26.3 Å². The number of nitrogens with one attached hydrogen (secondary N) is 1. The number of benzene rings is 1. The molecular weight excluding hydrogens is 368 g/mol. The largest absolute Gasteiger partial charge is 0.364 e. The van der Waals surface area contributed by atoms with Crippen LogP contribution < -0.4 is 10.9 Å². The monoisotopic (exact) mass is 384 g/mol. The number of hydrogen-bond donors (Lipinski definition) is 1. The van der Waals surface area contributed by atoms with Crippen molar-refractivity contribution < 1.29 is 4.92 Å². The van der Waals surface area contributed by atoms with E-state index in [9.17, 15) is 14.9 Å². The number of fused-ring (bicyclic) bond motifs is 2. The van der Waals surface area contributed by atoms with Gasteiger partial charge in [0.25, 0.3) is 5.56 Å². The number of nitro groups is 1. The summed E-state index contributed by atoms with van der Waals surface area (Å²) in [5, 5.41) is 15.6. The Morgan fingerprint density at radius 2 is 2.11 bits per heavy atom. The average Bonchev–Trinajstić information content (AvgIpc) is 3.14. The molecule has 3 aromatic rings. The third kappa shape index (κ3) is 2.94. The lowest BCUT2D eigenvalue weighted by molar-refractivity contribution is -0.384. The third-order valence-corrected chi connectivity index (χ3v) is 5.21. The second-order valence-corrected chi connectivity index (χ2v) is 6.86. The molecule has 0 atom stereocenters. The first-order valence-corrected chi connectivity index (χ1v) is 9.09. The van der Waals surface area contributed by atoms with E-state index in [-0.39, 0.29) is 23.5 Å². The van der Waals surface area contributed by atoms with Crippen LogP contribution in [0.4, 0.5) is 11.5 Å². The van der Waals surface area contributed by atoms with E-state index in [0.29, 0.717) is 29.4 Å². The van der Waals surface area contributed by atoms with Gasteiger partial charge >= 0.3 is 5.69 Å². The highest BCUT2D eigenvalue weighted by atomic mass is 35.5. The molecule has 3 heterocycles. The molecular formula is C19H17ClN4O3. The molecule has 1 aromatic carbocycles. The second kappa shape index (κ2) is 6.66. The zero-order chi connectivity index (χ0) is 19.1. The van der Waals surface area contributed by atoms with E-state index >= 15 is 0 Å². The molecule has 138 valence electrons. The molecule has 7 nitrogen and oxygen atoms in total. The van der Waals surface area contributed by atoms with Gasteiger partial charge in [0.1, 0.15) is 5.15 Å². The van der Waals surface area contributed by atoms with Crippen LogP contribution in [0, 0.1) is 10.1 Å². The Hall–Kier alpha value is -2.93. The molecule has 0 unspecified atom stereocenters. The Balaban J connectivity index is 1.83. The number of rotatable bonds is 4. The molecule has 4 rings (SSSR count). The number of halogens is 1. The van der Waals surface area contributed by atoms with Gasteiger partial charge in [-0.25, -0.2) is 4.98 Å². The van der Waals surface area contributed by atoms with Gasteiger partial charge in [-0.1, -0.05) is 36.7 Å². The van der Waals surface area contributed by atoms with Crippen LogP contribution >= 0.6 is 11.6 Å². The van der Waals surface area contributed by atoms with Crippen LogP contribution in [0.25, 0.3) is 10.9 Å². The van der Waals surface area contributed by atoms with Gasteiger partial charge in [-0.05, 0) is 23.6 Å². The summed E-state index contributed by atoms with van der Waals surface area (Å²) >= 11 is 6.39. The summed E-state index contributed by atoms with van der Waals surface area (Å²) in [5.74, 6) is 0.268. The summed E-state index contributed by atoms with van der Waals surface area (Å²) in [4.78, 5) is 28.2. The van der Waals surface area contributed by atoms with E-state index in [2.05, 4.69) is 17.2 Å². The lowest BCUT2D eigenvalue weighted by Gasteiger charge is -2.10. The fraction of sp³-hybridized carbons (Fsp3) is 0.263. The van der Waals surface area contributed by atoms with Gasteiger partial charge in [0.05, 0.1) is 10.4 Å². The number of pyridine rings is 2. The molecule has 0 amide bonds. The Kier molecular flexibility index (Phi) is 4.31. The minimum atomic E-state index is -0.471. The predicted octanol–water partition coefficient (Wildman–Crippen LogP) is 3.54. The smallest absolute Gasteiger partial charge is 0.310 e. The SMILES string of the molecule is CCc1cccc2cc(Cc3cc([N+](=O)[O-])c4n(c3=O)CCN4)c(Cl)nc12. The van der Waals surface area contributed by atoms with Crippen LogP contribution in [0.15, 0.2) is 35.1 Å². The number of aromatic nitrogens is 2. The summed E-state index contributed by atoms with van der Waals surface area (Å²) in [7, 11) is 0. The van der Waals surface area contributed by atoms with Crippen LogP contribution in [0.1, 0.15) is 23.6 Å². The second-order valence-electron chi connectivity index (χ2n) is 6.50. The van der Waals surface area contributed by atoms with Crippen LogP contribution in [-0.4, -0.2) is 21.0 Å². The highest BCUT2D eigenvalue weighted by Crippen LogP contribution is 2.29. The van der Waals surface area contributed by atoms with E-state index in [4.69, 9.17) is 11.6 Å². The average molecular weight is 385 g/mol. The topological polar surface area (TPSA) is 90.1 Å². The summed E-state index contributed by atoms with van der Waals surface area (Å²) in [6.07, 6.45) is 1.03. The molecule has 0 bridgehead atoms. The third-order valence-electron chi connectivity index (χ3n) is 4.89. The quantitative estimate of drug-likeness (QED) is 0.422. The fourth-order valence-corrected chi connectivity index (χ4v) is 3.76. The van der Waals surface area contributed by atoms with Gasteiger partial charge in [-0.3, -0.25) is 19.5 Å². The van der Waals surface area contributed by atoms with Crippen LogP contribution in [-0.2, 0) is 19.4 Å². The van der Waals surface area contributed by atoms with Crippen molar-refractivity contribution in [1.29, 1.82) is 0 Å². The summed E-state index contributed by atoms with van der Waals surface area (Å²) in [6, 6.07) is 9.17. The number of hydrogen-bond acceptors (Lipinski definition) is 5. The van der Waals surface area contributed by atoms with Crippen LogP contribution in [0.3, 0.4) is 0 Å². The van der Waals surface area contributed by atoms with Gasteiger partial charge in [0, 0.05) is 36.5 Å². The maximum Gasteiger partial charge on any atom is 0.310 e. The van der Waals surface area contributed by atoms with E-state index in [1.54, 1.807) is 0 Å². The van der Waals surface area contributed by atoms with Crippen molar-refractivity contribution in [3.63, 3.8) is 0 Å². The molecule has 1 N–H and O–H groups in total. The highest BCUT2D eigenvalue weighted by Gasteiger charge is 2.26. The maximum atomic E-state index is 12.8. The zero-order valence-electron chi connectivity index (χ0n) is 14.7. The molecule has 0 radical (unpaired) electrons. The van der Waals surface area contributed by atoms with Crippen molar-refractivity contribution in [2.75, 3.05) is 11.9 Å². The van der Waals surface area contributed by atoms with Crippen molar-refractivity contribution in [3.05, 3.63) is 72.6 Å². The number of aryl methyl sites for hydroxylation is 1. The van der Waals surface area contributed by atoms with E-state index in [0.717, 1.165) is 22.9 Å². The molecule has 0 fully saturated rings. The van der Waals surface area contributed by atoms with Crippen molar-refractivity contribution in [2.24, 2.45) is 0 Å². The van der Waals surface area contributed by atoms with Gasteiger partial charge in [0.2, 0.25) is 0 Å². The lowest BCUT2D eigenvalue weighted by Crippen LogP contribution is -2.23. The minimum absolute atomic E-state index is 0.0970. The molecule has 8 heteroatoms. The fourth-order valence-electron chi connectivity index (χ4n) is 3.56. The standard InChI is InChI=1S/C19H17ClN4O3/c1-2-11-4-3-5-12-8-13(17(20)22-16(11)12)9-14-10-15(24(26)27)18-21-6-7-23(18)19(14)25/h3-5,8,10,21H,2,6-7,9H2,1H3.